The molecule has 1 aliphatic heterocycles. The zero-order chi connectivity index (χ0) is 21.2. The maximum Gasteiger partial charge on any atom is 0.415 e. The highest BCUT2D eigenvalue weighted by Gasteiger charge is 2.45. The van der Waals surface area contributed by atoms with Crippen LogP contribution in [0.2, 0.25) is 0 Å². The van der Waals surface area contributed by atoms with Crippen molar-refractivity contribution in [2.75, 3.05) is 23.9 Å². The summed E-state index contributed by atoms with van der Waals surface area (Å²) in [7, 11) is 1.63. The molecule has 0 spiro atoms. The van der Waals surface area contributed by atoms with Crippen LogP contribution in [0, 0.1) is 0 Å². The fourth-order valence-electron chi connectivity index (χ4n) is 3.68. The zero-order valence-electron chi connectivity index (χ0n) is 17.7. The van der Waals surface area contributed by atoms with E-state index < -0.39 is 5.60 Å². The Morgan fingerprint density at radius 1 is 1.21 bits per heavy atom. The number of halogens is 1. The van der Waals surface area contributed by atoms with E-state index in [4.69, 9.17) is 9.47 Å². The maximum atomic E-state index is 13.1. The molecule has 6 heteroatoms. The Hall–Kier alpha value is -2.21. The number of nitrogens with one attached hydrogen (secondary N) is 1. The second kappa shape index (κ2) is 8.27. The molecule has 1 aliphatic rings. The van der Waals surface area contributed by atoms with Gasteiger partial charge in [-0.25, -0.2) is 4.79 Å². The quantitative estimate of drug-likeness (QED) is 0.592. The van der Waals surface area contributed by atoms with Crippen molar-refractivity contribution in [3.05, 3.63) is 52.5 Å². The van der Waals surface area contributed by atoms with Crippen molar-refractivity contribution in [3.63, 3.8) is 0 Å². The van der Waals surface area contributed by atoms with Crippen LogP contribution in [0.1, 0.15) is 39.7 Å². The highest BCUT2D eigenvalue weighted by molar-refractivity contribution is 9.10. The molecule has 5 nitrogen and oxygen atoms in total. The summed E-state index contributed by atoms with van der Waals surface area (Å²) in [6, 6.07) is 14.0. The minimum absolute atomic E-state index is 0.323. The lowest BCUT2D eigenvalue weighted by molar-refractivity contribution is 0.0545. The molecule has 0 saturated heterocycles. The summed E-state index contributed by atoms with van der Waals surface area (Å²) in [6.07, 6.45) is 1.23. The number of hydrogen-bond acceptors (Lipinski definition) is 4. The number of nitrogens with zero attached hydrogens (tertiary/aromatic N) is 1. The van der Waals surface area contributed by atoms with E-state index in [0.29, 0.717) is 0 Å². The Labute approximate surface area is 181 Å². The van der Waals surface area contributed by atoms with Crippen LogP contribution >= 0.6 is 15.9 Å². The smallest absolute Gasteiger partial charge is 0.415 e. The average Bonchev–Trinajstić information content (AvgIpc) is 2.93. The fourth-order valence-corrected chi connectivity index (χ4v) is 3.94. The summed E-state index contributed by atoms with van der Waals surface area (Å²) < 4.78 is 12.2. The predicted octanol–water partition coefficient (Wildman–Crippen LogP) is 6.02. The minimum atomic E-state index is -0.560. The van der Waals surface area contributed by atoms with Gasteiger partial charge < -0.3 is 14.8 Å². The number of rotatable bonds is 5. The molecule has 1 unspecified atom stereocenters. The van der Waals surface area contributed by atoms with Crippen LogP contribution in [0.25, 0.3) is 0 Å². The average molecular weight is 461 g/mol. The standard InChI is InChI=1S/C23H29BrN2O3/c1-22(2,3)29-21(27)26-20-14-19(28-5)11-6-16(20)15-23(26,4)12-13-25-18-9-7-17(24)8-10-18/h6-11,14,25H,12-13,15H2,1-5H3. The largest absolute Gasteiger partial charge is 0.497 e. The van der Waals surface area contributed by atoms with Crippen LogP contribution in [-0.2, 0) is 11.2 Å². The van der Waals surface area contributed by atoms with E-state index in [9.17, 15) is 4.79 Å². The van der Waals surface area contributed by atoms with Crippen LogP contribution in [0.15, 0.2) is 46.9 Å². The van der Waals surface area contributed by atoms with Gasteiger partial charge in [-0.2, -0.15) is 0 Å². The molecule has 1 atom stereocenters. The molecule has 0 bridgehead atoms. The van der Waals surface area contributed by atoms with Gasteiger partial charge in [0.2, 0.25) is 0 Å². The summed E-state index contributed by atoms with van der Waals surface area (Å²) >= 11 is 3.46. The highest BCUT2D eigenvalue weighted by atomic mass is 79.9. The van der Waals surface area contributed by atoms with Gasteiger partial charge in [-0.3, -0.25) is 4.90 Å². The number of carbonyl (C=O) groups excluding carboxylic acids is 1. The van der Waals surface area contributed by atoms with Crippen molar-refractivity contribution in [1.29, 1.82) is 0 Å². The van der Waals surface area contributed by atoms with Gasteiger partial charge >= 0.3 is 6.09 Å². The van der Waals surface area contributed by atoms with Crippen molar-refractivity contribution < 1.29 is 14.3 Å². The van der Waals surface area contributed by atoms with E-state index in [-0.39, 0.29) is 11.6 Å². The van der Waals surface area contributed by atoms with Gasteiger partial charge in [0.1, 0.15) is 11.4 Å². The Balaban J connectivity index is 1.82. The lowest BCUT2D eigenvalue weighted by atomic mass is 9.92. The van der Waals surface area contributed by atoms with Crippen LogP contribution in [-0.4, -0.2) is 30.9 Å². The minimum Gasteiger partial charge on any atom is -0.497 e. The van der Waals surface area contributed by atoms with Crippen molar-refractivity contribution in [2.45, 2.75) is 51.7 Å². The van der Waals surface area contributed by atoms with Crippen LogP contribution in [0.5, 0.6) is 5.75 Å². The van der Waals surface area contributed by atoms with Gasteiger partial charge in [-0.1, -0.05) is 22.0 Å². The lowest BCUT2D eigenvalue weighted by Crippen LogP contribution is -2.50. The van der Waals surface area contributed by atoms with E-state index in [1.807, 2.05) is 63.2 Å². The Morgan fingerprint density at radius 2 is 1.90 bits per heavy atom. The third kappa shape index (κ3) is 5.04. The summed E-state index contributed by atoms with van der Waals surface area (Å²) in [5.74, 6) is 0.731. The fraction of sp³-hybridized carbons (Fsp3) is 0.435. The lowest BCUT2D eigenvalue weighted by Gasteiger charge is -2.37. The van der Waals surface area contributed by atoms with Crippen molar-refractivity contribution >= 4 is 33.4 Å². The number of fused-ring (bicyclic) bond motifs is 1. The molecule has 1 N–H and O–H groups in total. The first-order valence-electron chi connectivity index (χ1n) is 9.81. The first-order chi connectivity index (χ1) is 13.6. The van der Waals surface area contributed by atoms with Crippen molar-refractivity contribution in [1.82, 2.24) is 0 Å². The van der Waals surface area contributed by atoms with Gasteiger partial charge in [0.15, 0.2) is 0 Å². The number of anilines is 2. The Kier molecular flexibility index (Phi) is 6.13. The number of benzene rings is 2. The van der Waals surface area contributed by atoms with E-state index in [1.54, 1.807) is 12.0 Å². The summed E-state index contributed by atoms with van der Waals surface area (Å²) in [6.45, 7) is 8.52. The molecule has 1 amide bonds. The van der Waals surface area contributed by atoms with Crippen LogP contribution < -0.4 is 15.0 Å². The second-order valence-corrected chi connectivity index (χ2v) is 9.58. The summed E-state index contributed by atoms with van der Waals surface area (Å²) in [5.41, 5.74) is 2.10. The number of ether oxygens (including phenoxy) is 2. The molecule has 0 fully saturated rings. The van der Waals surface area contributed by atoms with Crippen LogP contribution in [0.4, 0.5) is 16.2 Å². The van der Waals surface area contributed by atoms with E-state index in [1.165, 1.54) is 0 Å². The zero-order valence-corrected chi connectivity index (χ0v) is 19.3. The second-order valence-electron chi connectivity index (χ2n) is 8.67. The number of amides is 1. The molecule has 2 aromatic carbocycles. The van der Waals surface area contributed by atoms with Gasteiger partial charge in [0.05, 0.1) is 18.3 Å². The van der Waals surface area contributed by atoms with Crippen molar-refractivity contribution in [2.24, 2.45) is 0 Å². The Morgan fingerprint density at radius 3 is 2.52 bits per heavy atom. The maximum absolute atomic E-state index is 13.1. The molecular formula is C23H29BrN2O3. The highest BCUT2D eigenvalue weighted by Crippen LogP contribution is 2.43. The number of hydrogen-bond donors (Lipinski definition) is 1. The molecule has 0 saturated carbocycles. The predicted molar refractivity (Wildman–Crippen MR) is 121 cm³/mol. The molecule has 2 aromatic rings. The van der Waals surface area contributed by atoms with Gasteiger partial charge in [-0.15, -0.1) is 0 Å². The molecule has 0 aliphatic carbocycles. The van der Waals surface area contributed by atoms with Gasteiger partial charge in [-0.05, 0) is 76.4 Å². The van der Waals surface area contributed by atoms with Gasteiger partial charge in [0, 0.05) is 22.8 Å². The Bertz CT molecular complexity index is 877. The third-order valence-corrected chi connectivity index (χ3v) is 5.59. The SMILES string of the molecule is COc1ccc2c(c1)N(C(=O)OC(C)(C)C)C(C)(CCNc1ccc(Br)cc1)C2. The summed E-state index contributed by atoms with van der Waals surface area (Å²) in [4.78, 5) is 15.0. The molecule has 3 rings (SSSR count). The normalized spacial score (nSPS) is 18.3. The molecular weight excluding hydrogens is 432 g/mol. The molecule has 156 valence electrons. The molecule has 0 radical (unpaired) electrons. The first-order valence-corrected chi connectivity index (χ1v) is 10.6. The van der Waals surface area contributed by atoms with Crippen LogP contribution in [0.3, 0.4) is 0 Å². The third-order valence-electron chi connectivity index (χ3n) is 5.06. The van der Waals surface area contributed by atoms with E-state index in [2.05, 4.69) is 28.2 Å². The van der Waals surface area contributed by atoms with E-state index >= 15 is 0 Å². The monoisotopic (exact) mass is 460 g/mol. The topological polar surface area (TPSA) is 50.8 Å². The number of methoxy groups -OCH3 is 1. The summed E-state index contributed by atoms with van der Waals surface area (Å²) in [5, 5.41) is 3.46. The first kappa shape index (κ1) is 21.5. The molecule has 1 heterocycles. The molecule has 29 heavy (non-hydrogen) atoms. The van der Waals surface area contributed by atoms with Gasteiger partial charge in [0.25, 0.3) is 0 Å². The van der Waals surface area contributed by atoms with E-state index in [0.717, 1.165) is 46.5 Å². The van der Waals surface area contributed by atoms with Crippen molar-refractivity contribution in [3.8, 4) is 5.75 Å². The molecule has 0 aromatic heterocycles. The number of carbonyl (C=O) groups is 1.